The van der Waals surface area contributed by atoms with Gasteiger partial charge in [0.25, 0.3) is 0 Å². The molecule has 0 unspecified atom stereocenters. The molecule has 4 N–H and O–H groups in total. The van der Waals surface area contributed by atoms with Crippen LogP contribution in [0.1, 0.15) is 12.5 Å². The summed E-state index contributed by atoms with van der Waals surface area (Å²) in [6.07, 6.45) is 0. The summed E-state index contributed by atoms with van der Waals surface area (Å²) in [6.45, 7) is 3.04. The first-order valence-electron chi connectivity index (χ1n) is 5.54. The maximum atomic E-state index is 12.3. The van der Waals surface area contributed by atoms with E-state index >= 15 is 0 Å². The van der Waals surface area contributed by atoms with Crippen molar-refractivity contribution in [2.24, 2.45) is 5.73 Å². The van der Waals surface area contributed by atoms with Crippen molar-refractivity contribution in [3.05, 3.63) is 22.7 Å². The standard InChI is InChI=1S/C11H16ClN3O3S/c1-3-15(6-11(14)16)19(17,18)8-4-9(12)7(2)10(13)5-8/h4-5H,3,6,13H2,1-2H3,(H2,14,16). The van der Waals surface area contributed by atoms with Crippen LogP contribution in [0.5, 0.6) is 0 Å². The Labute approximate surface area is 117 Å². The van der Waals surface area contributed by atoms with E-state index in [9.17, 15) is 13.2 Å². The number of rotatable bonds is 5. The molecule has 6 nitrogen and oxygen atoms in total. The molecule has 1 aromatic rings. The van der Waals surface area contributed by atoms with Crippen LogP contribution in [0.25, 0.3) is 0 Å². The van der Waals surface area contributed by atoms with Crippen LogP contribution in [0, 0.1) is 6.92 Å². The fourth-order valence-electron chi connectivity index (χ4n) is 1.51. The van der Waals surface area contributed by atoms with Crippen molar-refractivity contribution in [1.29, 1.82) is 0 Å². The number of anilines is 1. The van der Waals surface area contributed by atoms with Crippen molar-refractivity contribution in [1.82, 2.24) is 4.31 Å². The van der Waals surface area contributed by atoms with Gasteiger partial charge in [-0.3, -0.25) is 4.79 Å². The minimum Gasteiger partial charge on any atom is -0.398 e. The van der Waals surface area contributed by atoms with Crippen LogP contribution in [0.15, 0.2) is 17.0 Å². The van der Waals surface area contributed by atoms with E-state index in [2.05, 4.69) is 0 Å². The zero-order chi connectivity index (χ0) is 14.8. The van der Waals surface area contributed by atoms with Gasteiger partial charge in [-0.25, -0.2) is 8.42 Å². The number of hydrogen-bond donors (Lipinski definition) is 2. The van der Waals surface area contributed by atoms with Gasteiger partial charge in [0.15, 0.2) is 0 Å². The lowest BCUT2D eigenvalue weighted by Gasteiger charge is -2.19. The predicted octanol–water partition coefficient (Wildman–Crippen LogP) is 0.727. The maximum Gasteiger partial charge on any atom is 0.243 e. The smallest absolute Gasteiger partial charge is 0.243 e. The topological polar surface area (TPSA) is 106 Å². The minimum absolute atomic E-state index is 0.0521. The Hall–Kier alpha value is -1.31. The molecule has 1 amide bonds. The van der Waals surface area contributed by atoms with Gasteiger partial charge < -0.3 is 11.5 Å². The second-order valence-corrected chi connectivity index (χ2v) is 6.36. The molecule has 0 spiro atoms. The summed E-state index contributed by atoms with van der Waals surface area (Å²) >= 11 is 5.92. The molecular weight excluding hydrogens is 290 g/mol. The highest BCUT2D eigenvalue weighted by molar-refractivity contribution is 7.89. The third-order valence-corrected chi connectivity index (χ3v) is 4.97. The van der Waals surface area contributed by atoms with E-state index in [1.165, 1.54) is 12.1 Å². The Balaban J connectivity index is 3.30. The third kappa shape index (κ3) is 3.37. The van der Waals surface area contributed by atoms with Gasteiger partial charge >= 0.3 is 0 Å². The third-order valence-electron chi connectivity index (χ3n) is 2.68. The van der Waals surface area contributed by atoms with Crippen LogP contribution < -0.4 is 11.5 Å². The average molecular weight is 306 g/mol. The van der Waals surface area contributed by atoms with Crippen LogP contribution in [0.4, 0.5) is 5.69 Å². The van der Waals surface area contributed by atoms with Gasteiger partial charge in [-0.1, -0.05) is 18.5 Å². The van der Waals surface area contributed by atoms with Gasteiger partial charge in [0.2, 0.25) is 15.9 Å². The maximum absolute atomic E-state index is 12.3. The zero-order valence-electron chi connectivity index (χ0n) is 10.7. The van der Waals surface area contributed by atoms with Gasteiger partial charge in [-0.15, -0.1) is 0 Å². The lowest BCUT2D eigenvalue weighted by atomic mass is 10.2. The molecule has 19 heavy (non-hydrogen) atoms. The largest absolute Gasteiger partial charge is 0.398 e. The first kappa shape index (κ1) is 15.7. The Kier molecular flexibility index (Phi) is 4.78. The number of benzene rings is 1. The molecule has 0 aromatic heterocycles. The number of primary amides is 1. The first-order valence-corrected chi connectivity index (χ1v) is 7.36. The summed E-state index contributed by atoms with van der Waals surface area (Å²) in [5.41, 5.74) is 11.6. The summed E-state index contributed by atoms with van der Waals surface area (Å²) in [4.78, 5) is 10.8. The second-order valence-electron chi connectivity index (χ2n) is 4.02. The molecule has 0 saturated heterocycles. The molecule has 0 fully saturated rings. The summed E-state index contributed by atoms with van der Waals surface area (Å²) < 4.78 is 25.6. The minimum atomic E-state index is -3.84. The molecule has 0 bridgehead atoms. The highest BCUT2D eigenvalue weighted by Crippen LogP contribution is 2.27. The number of hydrogen-bond acceptors (Lipinski definition) is 4. The van der Waals surface area contributed by atoms with Crippen molar-refractivity contribution in [3.63, 3.8) is 0 Å². The fourth-order valence-corrected chi connectivity index (χ4v) is 3.28. The number of likely N-dealkylation sites (N-methyl/N-ethyl adjacent to an activating group) is 1. The summed E-state index contributed by atoms with van der Waals surface area (Å²) in [5, 5.41) is 0.258. The van der Waals surface area contributed by atoms with E-state index in [1.807, 2.05) is 0 Å². The fraction of sp³-hybridized carbons (Fsp3) is 0.364. The van der Waals surface area contributed by atoms with Gasteiger partial charge in [0.05, 0.1) is 11.4 Å². The monoisotopic (exact) mass is 305 g/mol. The van der Waals surface area contributed by atoms with Crippen LogP contribution in [0.2, 0.25) is 5.02 Å². The number of amides is 1. The molecule has 0 heterocycles. The van der Waals surface area contributed by atoms with E-state index < -0.39 is 15.9 Å². The quantitative estimate of drug-likeness (QED) is 0.782. The number of sulfonamides is 1. The van der Waals surface area contributed by atoms with Gasteiger partial charge in [0.1, 0.15) is 0 Å². The van der Waals surface area contributed by atoms with Crippen LogP contribution in [-0.4, -0.2) is 31.7 Å². The highest BCUT2D eigenvalue weighted by atomic mass is 35.5. The number of carbonyl (C=O) groups is 1. The molecule has 0 atom stereocenters. The number of nitrogen functional groups attached to an aromatic ring is 1. The average Bonchev–Trinajstić information content (AvgIpc) is 2.31. The summed E-state index contributed by atoms with van der Waals surface area (Å²) in [6, 6.07) is 2.63. The Bertz CT molecular complexity index is 578. The number of halogens is 1. The Morgan fingerprint density at radius 3 is 2.42 bits per heavy atom. The first-order chi connectivity index (χ1) is 8.70. The van der Waals surface area contributed by atoms with E-state index in [0.717, 1.165) is 4.31 Å². The number of carbonyl (C=O) groups excluding carboxylic acids is 1. The molecular formula is C11H16ClN3O3S. The van der Waals surface area contributed by atoms with Crippen LogP contribution in [0.3, 0.4) is 0 Å². The Morgan fingerprint density at radius 2 is 2.00 bits per heavy atom. The lowest BCUT2D eigenvalue weighted by Crippen LogP contribution is -2.38. The molecule has 0 aliphatic carbocycles. The van der Waals surface area contributed by atoms with E-state index in [-0.39, 0.29) is 28.7 Å². The van der Waals surface area contributed by atoms with E-state index in [1.54, 1.807) is 13.8 Å². The normalized spacial score (nSPS) is 11.8. The zero-order valence-corrected chi connectivity index (χ0v) is 12.3. The van der Waals surface area contributed by atoms with Gasteiger partial charge in [-0.05, 0) is 24.6 Å². The summed E-state index contributed by atoms with van der Waals surface area (Å²) in [5.74, 6) is -0.725. The number of nitrogens with two attached hydrogens (primary N) is 2. The van der Waals surface area contributed by atoms with Crippen molar-refractivity contribution in [2.75, 3.05) is 18.8 Å². The molecule has 0 aliphatic rings. The van der Waals surface area contributed by atoms with Gasteiger partial charge in [0, 0.05) is 17.3 Å². The van der Waals surface area contributed by atoms with Crippen molar-refractivity contribution >= 4 is 33.2 Å². The van der Waals surface area contributed by atoms with Crippen molar-refractivity contribution in [2.45, 2.75) is 18.7 Å². The van der Waals surface area contributed by atoms with E-state index in [4.69, 9.17) is 23.1 Å². The molecule has 1 aromatic carbocycles. The van der Waals surface area contributed by atoms with Crippen LogP contribution in [-0.2, 0) is 14.8 Å². The SMILES string of the molecule is CCN(CC(N)=O)S(=O)(=O)c1cc(N)c(C)c(Cl)c1. The molecule has 0 radical (unpaired) electrons. The predicted molar refractivity (Wildman–Crippen MR) is 74.2 cm³/mol. The number of nitrogens with zero attached hydrogens (tertiary/aromatic N) is 1. The van der Waals surface area contributed by atoms with E-state index in [0.29, 0.717) is 5.56 Å². The second kappa shape index (κ2) is 5.77. The van der Waals surface area contributed by atoms with Gasteiger partial charge in [-0.2, -0.15) is 4.31 Å². The van der Waals surface area contributed by atoms with Crippen molar-refractivity contribution in [3.8, 4) is 0 Å². The molecule has 8 heteroatoms. The highest BCUT2D eigenvalue weighted by Gasteiger charge is 2.25. The molecule has 0 saturated carbocycles. The molecule has 0 aliphatic heterocycles. The molecule has 106 valence electrons. The lowest BCUT2D eigenvalue weighted by molar-refractivity contribution is -0.118. The molecule has 1 rings (SSSR count). The summed E-state index contributed by atoms with van der Waals surface area (Å²) in [7, 11) is -3.84. The Morgan fingerprint density at radius 1 is 1.42 bits per heavy atom. The van der Waals surface area contributed by atoms with Crippen LogP contribution >= 0.6 is 11.6 Å². The van der Waals surface area contributed by atoms with Crippen molar-refractivity contribution < 1.29 is 13.2 Å².